The molecule has 0 spiro atoms. The summed E-state index contributed by atoms with van der Waals surface area (Å²) in [5.41, 5.74) is 3.44. The van der Waals surface area contributed by atoms with Crippen LogP contribution in [0.2, 0.25) is 0 Å². The van der Waals surface area contributed by atoms with Gasteiger partial charge in [0.2, 0.25) is 0 Å². The summed E-state index contributed by atoms with van der Waals surface area (Å²) in [6, 6.07) is 14.3. The standard InChI is InChI=1S/C25H23NO6/c1-4-31-19(27)13-32-18-12-8-7-11-17(18)21-20(25(29)30-3)14(2)26-23-15-9-5-6-10-16(15)24(28)22(21)23/h5-12,20-21H,4,13H2,1-3H3. The number of ether oxygens (including phenoxy) is 3. The third-order valence-electron chi connectivity index (χ3n) is 5.67. The second-order valence-corrected chi connectivity index (χ2v) is 7.50. The Hall–Kier alpha value is -3.74. The first kappa shape index (κ1) is 21.5. The maximum absolute atomic E-state index is 13.4. The van der Waals surface area contributed by atoms with Crippen LogP contribution in [0.5, 0.6) is 5.75 Å². The summed E-state index contributed by atoms with van der Waals surface area (Å²) < 4.78 is 15.8. The first-order chi connectivity index (χ1) is 15.5. The highest BCUT2D eigenvalue weighted by atomic mass is 16.6. The van der Waals surface area contributed by atoms with Gasteiger partial charge in [0.25, 0.3) is 0 Å². The first-order valence-electron chi connectivity index (χ1n) is 10.4. The molecule has 4 rings (SSSR count). The number of carbonyl (C=O) groups is 3. The maximum Gasteiger partial charge on any atom is 0.344 e. The Balaban J connectivity index is 1.84. The van der Waals surface area contributed by atoms with Gasteiger partial charge in [0.15, 0.2) is 12.4 Å². The lowest BCUT2D eigenvalue weighted by Gasteiger charge is -2.31. The SMILES string of the molecule is CCOC(=O)COc1ccccc1C1C2=C(N=C(C)C1C(=O)OC)c1ccccc1C2=O. The summed E-state index contributed by atoms with van der Waals surface area (Å²) in [5.74, 6) is -2.25. The zero-order valence-corrected chi connectivity index (χ0v) is 18.1. The Morgan fingerprint density at radius 1 is 1.03 bits per heavy atom. The molecule has 1 aliphatic heterocycles. The number of aliphatic imine (C=N–C) groups is 1. The normalized spacial score (nSPS) is 19.1. The molecule has 2 aromatic rings. The molecule has 0 saturated heterocycles. The molecule has 1 heterocycles. The Bertz CT molecular complexity index is 1160. The molecule has 1 aliphatic carbocycles. The molecule has 0 amide bonds. The van der Waals surface area contributed by atoms with E-state index in [1.807, 2.05) is 12.1 Å². The van der Waals surface area contributed by atoms with E-state index in [4.69, 9.17) is 14.2 Å². The molecule has 0 saturated carbocycles. The molecule has 2 aromatic carbocycles. The van der Waals surface area contributed by atoms with Crippen LogP contribution in [-0.2, 0) is 19.1 Å². The second-order valence-electron chi connectivity index (χ2n) is 7.50. The predicted molar refractivity (Wildman–Crippen MR) is 118 cm³/mol. The maximum atomic E-state index is 13.4. The van der Waals surface area contributed by atoms with E-state index in [1.54, 1.807) is 50.2 Å². The molecular weight excluding hydrogens is 410 g/mol. The van der Waals surface area contributed by atoms with Crippen LogP contribution in [0.4, 0.5) is 0 Å². The number of hydrogen-bond donors (Lipinski definition) is 0. The minimum Gasteiger partial charge on any atom is -0.482 e. The molecule has 2 aliphatic rings. The van der Waals surface area contributed by atoms with Gasteiger partial charge in [0, 0.05) is 33.9 Å². The van der Waals surface area contributed by atoms with Crippen molar-refractivity contribution in [3.05, 3.63) is 70.8 Å². The van der Waals surface area contributed by atoms with Crippen molar-refractivity contribution < 1.29 is 28.6 Å². The number of methoxy groups -OCH3 is 1. The Labute approximate surface area is 185 Å². The minimum atomic E-state index is -0.802. The van der Waals surface area contributed by atoms with Crippen molar-refractivity contribution in [2.45, 2.75) is 19.8 Å². The van der Waals surface area contributed by atoms with E-state index in [1.165, 1.54) is 7.11 Å². The summed E-state index contributed by atoms with van der Waals surface area (Å²) in [5, 5.41) is 0. The number of nitrogens with zero attached hydrogens (tertiary/aromatic N) is 1. The number of allylic oxidation sites excluding steroid dienone is 1. The van der Waals surface area contributed by atoms with Crippen molar-refractivity contribution in [2.24, 2.45) is 10.9 Å². The fourth-order valence-corrected chi connectivity index (χ4v) is 4.32. The lowest BCUT2D eigenvalue weighted by atomic mass is 9.75. The third-order valence-corrected chi connectivity index (χ3v) is 5.67. The number of esters is 2. The molecule has 0 bridgehead atoms. The average molecular weight is 433 g/mol. The van der Waals surface area contributed by atoms with E-state index in [2.05, 4.69) is 4.99 Å². The van der Waals surface area contributed by atoms with Crippen LogP contribution in [0.15, 0.2) is 59.1 Å². The average Bonchev–Trinajstić information content (AvgIpc) is 3.08. The summed E-state index contributed by atoms with van der Waals surface area (Å²) >= 11 is 0. The van der Waals surface area contributed by atoms with Crippen LogP contribution in [0.3, 0.4) is 0 Å². The number of fused-ring (bicyclic) bond motifs is 2. The Morgan fingerprint density at radius 3 is 2.44 bits per heavy atom. The molecule has 164 valence electrons. The number of benzene rings is 2. The van der Waals surface area contributed by atoms with Gasteiger partial charge in [-0.25, -0.2) is 4.79 Å². The molecule has 32 heavy (non-hydrogen) atoms. The highest BCUT2D eigenvalue weighted by Crippen LogP contribution is 2.49. The van der Waals surface area contributed by atoms with E-state index in [9.17, 15) is 14.4 Å². The molecule has 0 radical (unpaired) electrons. The number of hydrogen-bond acceptors (Lipinski definition) is 7. The van der Waals surface area contributed by atoms with Crippen molar-refractivity contribution in [2.75, 3.05) is 20.3 Å². The smallest absolute Gasteiger partial charge is 0.344 e. The second kappa shape index (κ2) is 8.78. The van der Waals surface area contributed by atoms with Crippen molar-refractivity contribution >= 4 is 29.1 Å². The number of rotatable bonds is 6. The summed E-state index contributed by atoms with van der Waals surface area (Å²) in [6.45, 7) is 3.43. The fourth-order valence-electron chi connectivity index (χ4n) is 4.32. The van der Waals surface area contributed by atoms with Gasteiger partial charge in [-0.1, -0.05) is 42.5 Å². The third kappa shape index (κ3) is 3.60. The molecule has 0 aromatic heterocycles. The zero-order valence-electron chi connectivity index (χ0n) is 18.1. The number of ketones is 1. The summed E-state index contributed by atoms with van der Waals surface area (Å²) in [7, 11) is 1.31. The van der Waals surface area contributed by atoms with E-state index >= 15 is 0 Å². The van der Waals surface area contributed by atoms with Gasteiger partial charge in [-0.3, -0.25) is 14.6 Å². The first-order valence-corrected chi connectivity index (χ1v) is 10.4. The van der Waals surface area contributed by atoms with Gasteiger partial charge in [0.1, 0.15) is 11.7 Å². The molecule has 0 N–H and O–H groups in total. The van der Waals surface area contributed by atoms with Gasteiger partial charge in [-0.15, -0.1) is 0 Å². The van der Waals surface area contributed by atoms with E-state index in [0.717, 1.165) is 5.56 Å². The molecule has 7 nitrogen and oxygen atoms in total. The lowest BCUT2D eigenvalue weighted by molar-refractivity contribution is -0.146. The Kier molecular flexibility index (Phi) is 5.90. The minimum absolute atomic E-state index is 0.175. The summed E-state index contributed by atoms with van der Waals surface area (Å²) in [6.07, 6.45) is 0. The van der Waals surface area contributed by atoms with E-state index in [-0.39, 0.29) is 19.0 Å². The number of Topliss-reactive ketones (excluding diaryl/α,β-unsaturated/α-hetero) is 1. The van der Waals surface area contributed by atoms with E-state index < -0.39 is 23.8 Å². The highest BCUT2D eigenvalue weighted by molar-refractivity contribution is 6.24. The van der Waals surface area contributed by atoms with Crippen molar-refractivity contribution in [1.29, 1.82) is 0 Å². The number of para-hydroxylation sites is 1. The molecule has 7 heteroatoms. The van der Waals surface area contributed by atoms with Gasteiger partial charge < -0.3 is 14.2 Å². The van der Waals surface area contributed by atoms with Crippen LogP contribution >= 0.6 is 0 Å². The topological polar surface area (TPSA) is 91.3 Å². The van der Waals surface area contributed by atoms with Gasteiger partial charge in [-0.2, -0.15) is 0 Å². The van der Waals surface area contributed by atoms with Crippen LogP contribution in [0.25, 0.3) is 5.70 Å². The highest BCUT2D eigenvalue weighted by Gasteiger charge is 2.46. The number of carbonyl (C=O) groups excluding carboxylic acids is 3. The van der Waals surface area contributed by atoms with Gasteiger partial charge in [-0.05, 0) is 19.9 Å². The Morgan fingerprint density at radius 2 is 1.72 bits per heavy atom. The molecule has 2 atom stereocenters. The quantitative estimate of drug-likeness (QED) is 0.647. The summed E-state index contributed by atoms with van der Waals surface area (Å²) in [4.78, 5) is 42.8. The fraction of sp³-hybridized carbons (Fsp3) is 0.280. The van der Waals surface area contributed by atoms with Crippen molar-refractivity contribution in [3.8, 4) is 5.75 Å². The van der Waals surface area contributed by atoms with E-state index in [0.29, 0.717) is 33.9 Å². The largest absolute Gasteiger partial charge is 0.482 e. The zero-order chi connectivity index (χ0) is 22.8. The van der Waals surface area contributed by atoms with Crippen molar-refractivity contribution in [1.82, 2.24) is 0 Å². The lowest BCUT2D eigenvalue weighted by Crippen LogP contribution is -2.34. The van der Waals surface area contributed by atoms with Crippen LogP contribution in [-0.4, -0.2) is 43.8 Å². The predicted octanol–water partition coefficient (Wildman–Crippen LogP) is 3.58. The van der Waals surface area contributed by atoms with Gasteiger partial charge >= 0.3 is 11.9 Å². The monoisotopic (exact) mass is 433 g/mol. The van der Waals surface area contributed by atoms with Gasteiger partial charge in [0.05, 0.1) is 19.4 Å². The molecule has 0 fully saturated rings. The van der Waals surface area contributed by atoms with Crippen molar-refractivity contribution in [3.63, 3.8) is 0 Å². The molecule has 2 unspecified atom stereocenters. The van der Waals surface area contributed by atoms with Crippen LogP contribution < -0.4 is 4.74 Å². The van der Waals surface area contributed by atoms with Crippen LogP contribution in [0.1, 0.15) is 41.3 Å². The van der Waals surface area contributed by atoms with Crippen LogP contribution in [0, 0.1) is 5.92 Å². The molecular formula is C25H23NO6.